The van der Waals surface area contributed by atoms with E-state index in [1.807, 2.05) is 12.1 Å². The number of hydrogen-bond acceptors (Lipinski definition) is 2. The van der Waals surface area contributed by atoms with Crippen molar-refractivity contribution >= 4 is 11.6 Å². The molecule has 0 radical (unpaired) electrons. The van der Waals surface area contributed by atoms with Gasteiger partial charge in [0.25, 0.3) is 0 Å². The van der Waals surface area contributed by atoms with Crippen LogP contribution in [0.4, 0.5) is 0 Å². The molecule has 1 N–H and O–H groups in total. The first-order valence-electron chi connectivity index (χ1n) is 7.26. The second kappa shape index (κ2) is 6.74. The second-order valence-corrected chi connectivity index (χ2v) is 6.32. The lowest BCUT2D eigenvalue weighted by Gasteiger charge is -2.26. The van der Waals surface area contributed by atoms with Crippen LogP contribution in [0.1, 0.15) is 32.3 Å². The van der Waals surface area contributed by atoms with Crippen molar-refractivity contribution in [1.82, 2.24) is 10.2 Å². The molecule has 0 aromatic heterocycles. The van der Waals surface area contributed by atoms with Gasteiger partial charge in [-0.1, -0.05) is 23.7 Å². The van der Waals surface area contributed by atoms with Crippen molar-refractivity contribution < 1.29 is 0 Å². The fourth-order valence-electron chi connectivity index (χ4n) is 2.40. The van der Waals surface area contributed by atoms with E-state index in [2.05, 4.69) is 43.2 Å². The highest BCUT2D eigenvalue weighted by molar-refractivity contribution is 6.30. The summed E-state index contributed by atoms with van der Waals surface area (Å²) in [4.78, 5) is 2.50. The van der Waals surface area contributed by atoms with Gasteiger partial charge in [0, 0.05) is 29.7 Å². The quantitative estimate of drug-likeness (QED) is 0.824. The second-order valence-electron chi connectivity index (χ2n) is 5.89. The Morgan fingerprint density at radius 1 is 1.26 bits per heavy atom. The molecule has 1 aromatic carbocycles. The minimum atomic E-state index is 0.497. The van der Waals surface area contributed by atoms with Gasteiger partial charge in [-0.05, 0) is 57.9 Å². The molecule has 0 bridgehead atoms. The lowest BCUT2D eigenvalue weighted by Crippen LogP contribution is -2.42. The molecule has 0 amide bonds. The maximum absolute atomic E-state index is 5.90. The molecule has 1 aliphatic rings. The summed E-state index contributed by atoms with van der Waals surface area (Å²) >= 11 is 5.90. The van der Waals surface area contributed by atoms with Crippen LogP contribution in [0, 0.1) is 0 Å². The molecule has 0 spiro atoms. The normalized spacial score (nSPS) is 18.6. The molecular formula is C16H25ClN2. The molecule has 1 aromatic rings. The summed E-state index contributed by atoms with van der Waals surface area (Å²) in [5.74, 6) is 0. The highest BCUT2D eigenvalue weighted by atomic mass is 35.5. The number of nitrogens with zero attached hydrogens (tertiary/aromatic N) is 1. The summed E-state index contributed by atoms with van der Waals surface area (Å²) < 4.78 is 0. The Hall–Kier alpha value is -0.570. The third kappa shape index (κ3) is 4.79. The minimum Gasteiger partial charge on any atom is -0.312 e. The fourth-order valence-corrected chi connectivity index (χ4v) is 2.53. The van der Waals surface area contributed by atoms with E-state index in [9.17, 15) is 0 Å². The fraction of sp³-hybridized carbons (Fsp3) is 0.625. The van der Waals surface area contributed by atoms with Crippen LogP contribution in [0.3, 0.4) is 0 Å². The predicted molar refractivity (Wildman–Crippen MR) is 82.9 cm³/mol. The number of benzene rings is 1. The van der Waals surface area contributed by atoms with Crippen molar-refractivity contribution in [3.05, 3.63) is 34.9 Å². The number of hydrogen-bond donors (Lipinski definition) is 1. The van der Waals surface area contributed by atoms with E-state index < -0.39 is 0 Å². The van der Waals surface area contributed by atoms with Gasteiger partial charge in [0.15, 0.2) is 0 Å². The van der Waals surface area contributed by atoms with E-state index in [-0.39, 0.29) is 0 Å². The van der Waals surface area contributed by atoms with Gasteiger partial charge in [-0.3, -0.25) is 4.90 Å². The molecule has 2 nitrogen and oxygen atoms in total. The average molecular weight is 281 g/mol. The third-order valence-corrected chi connectivity index (χ3v) is 4.29. The van der Waals surface area contributed by atoms with Gasteiger partial charge in [-0.15, -0.1) is 0 Å². The van der Waals surface area contributed by atoms with Crippen molar-refractivity contribution in [1.29, 1.82) is 0 Å². The van der Waals surface area contributed by atoms with Gasteiger partial charge < -0.3 is 5.32 Å². The largest absolute Gasteiger partial charge is 0.312 e. The Balaban J connectivity index is 1.71. The molecule has 2 atom stereocenters. The zero-order valence-corrected chi connectivity index (χ0v) is 13.0. The van der Waals surface area contributed by atoms with Gasteiger partial charge >= 0.3 is 0 Å². The van der Waals surface area contributed by atoms with Crippen LogP contribution in [-0.2, 0) is 6.42 Å². The van der Waals surface area contributed by atoms with Gasteiger partial charge in [-0.2, -0.15) is 0 Å². The summed E-state index contributed by atoms with van der Waals surface area (Å²) in [6.45, 7) is 5.61. The van der Waals surface area contributed by atoms with E-state index in [0.717, 1.165) is 24.0 Å². The zero-order chi connectivity index (χ0) is 13.8. The monoisotopic (exact) mass is 280 g/mol. The molecule has 1 saturated carbocycles. The van der Waals surface area contributed by atoms with Crippen LogP contribution in [0.5, 0.6) is 0 Å². The summed E-state index contributed by atoms with van der Waals surface area (Å²) in [5.41, 5.74) is 1.34. The SMILES string of the molecule is CC(Cc1ccc(Cl)cc1)NCC(C)N(C)C1CC1. The number of nitrogens with one attached hydrogen (secondary N) is 1. The first-order valence-corrected chi connectivity index (χ1v) is 7.64. The van der Waals surface area contributed by atoms with E-state index in [1.54, 1.807) is 0 Å². The molecule has 2 rings (SSSR count). The number of rotatable bonds is 7. The lowest BCUT2D eigenvalue weighted by molar-refractivity contribution is 0.236. The molecule has 3 heteroatoms. The van der Waals surface area contributed by atoms with Crippen LogP contribution in [-0.4, -0.2) is 36.6 Å². The van der Waals surface area contributed by atoms with E-state index in [4.69, 9.17) is 11.6 Å². The van der Waals surface area contributed by atoms with Gasteiger partial charge in [0.2, 0.25) is 0 Å². The van der Waals surface area contributed by atoms with Crippen LogP contribution in [0.25, 0.3) is 0 Å². The van der Waals surface area contributed by atoms with Crippen LogP contribution in [0.15, 0.2) is 24.3 Å². The molecule has 2 unspecified atom stereocenters. The van der Waals surface area contributed by atoms with E-state index in [0.29, 0.717) is 12.1 Å². The first-order chi connectivity index (χ1) is 9.06. The number of halogens is 1. The predicted octanol–water partition coefficient (Wildman–Crippen LogP) is 3.34. The molecule has 19 heavy (non-hydrogen) atoms. The third-order valence-electron chi connectivity index (χ3n) is 4.03. The Labute approximate surface area is 122 Å². The Kier molecular flexibility index (Phi) is 5.26. The zero-order valence-electron chi connectivity index (χ0n) is 12.2. The van der Waals surface area contributed by atoms with E-state index >= 15 is 0 Å². The molecule has 106 valence electrons. The Morgan fingerprint density at radius 3 is 2.47 bits per heavy atom. The highest BCUT2D eigenvalue weighted by Gasteiger charge is 2.28. The van der Waals surface area contributed by atoms with Gasteiger partial charge in [0.1, 0.15) is 0 Å². The molecule has 1 aliphatic carbocycles. The standard InChI is InChI=1S/C16H25ClN2/c1-12(10-14-4-6-15(17)7-5-14)18-11-13(2)19(3)16-8-9-16/h4-7,12-13,16,18H,8-11H2,1-3H3. The smallest absolute Gasteiger partial charge is 0.0406 e. The summed E-state index contributed by atoms with van der Waals surface area (Å²) in [6.07, 6.45) is 3.80. The Morgan fingerprint density at radius 2 is 1.89 bits per heavy atom. The van der Waals surface area contributed by atoms with Crippen molar-refractivity contribution in [3.8, 4) is 0 Å². The first kappa shape index (κ1) is 14.8. The summed E-state index contributed by atoms with van der Waals surface area (Å²) in [6, 6.07) is 10.1. The van der Waals surface area contributed by atoms with Crippen LogP contribution >= 0.6 is 11.6 Å². The summed E-state index contributed by atoms with van der Waals surface area (Å²) in [7, 11) is 2.24. The molecule has 0 heterocycles. The average Bonchev–Trinajstić information content (AvgIpc) is 3.22. The minimum absolute atomic E-state index is 0.497. The maximum Gasteiger partial charge on any atom is 0.0406 e. The van der Waals surface area contributed by atoms with Crippen molar-refractivity contribution in [2.24, 2.45) is 0 Å². The Bertz CT molecular complexity index is 386. The van der Waals surface area contributed by atoms with Crippen LogP contribution in [0.2, 0.25) is 5.02 Å². The van der Waals surface area contributed by atoms with Gasteiger partial charge in [0.05, 0.1) is 0 Å². The van der Waals surface area contributed by atoms with E-state index in [1.165, 1.54) is 18.4 Å². The van der Waals surface area contributed by atoms with Crippen molar-refractivity contribution in [2.75, 3.05) is 13.6 Å². The molecular weight excluding hydrogens is 256 g/mol. The number of likely N-dealkylation sites (N-methyl/N-ethyl adjacent to an activating group) is 1. The molecule has 1 fully saturated rings. The van der Waals surface area contributed by atoms with Crippen LogP contribution < -0.4 is 5.32 Å². The highest BCUT2D eigenvalue weighted by Crippen LogP contribution is 2.26. The molecule has 0 saturated heterocycles. The topological polar surface area (TPSA) is 15.3 Å². The maximum atomic E-state index is 5.90. The molecule has 0 aliphatic heterocycles. The van der Waals surface area contributed by atoms with Crippen molar-refractivity contribution in [3.63, 3.8) is 0 Å². The summed E-state index contributed by atoms with van der Waals surface area (Å²) in [5, 5.41) is 4.44. The lowest BCUT2D eigenvalue weighted by atomic mass is 10.1. The van der Waals surface area contributed by atoms with Gasteiger partial charge in [-0.25, -0.2) is 0 Å². The van der Waals surface area contributed by atoms with Crippen molar-refractivity contribution in [2.45, 2.75) is 51.2 Å².